The van der Waals surface area contributed by atoms with Crippen LogP contribution in [0.15, 0.2) is 36.5 Å². The average Bonchev–Trinajstić information content (AvgIpc) is 3.42. The molecule has 0 spiro atoms. The highest BCUT2D eigenvalue weighted by Crippen LogP contribution is 2.25. The third kappa shape index (κ3) is 5.16. The number of benzene rings is 1. The van der Waals surface area contributed by atoms with Gasteiger partial charge in [-0.2, -0.15) is 0 Å². The Morgan fingerprint density at radius 3 is 2.58 bits per heavy atom. The van der Waals surface area contributed by atoms with Crippen LogP contribution in [0.2, 0.25) is 0 Å². The molecule has 1 aromatic heterocycles. The number of nitrogens with one attached hydrogen (secondary N) is 1. The van der Waals surface area contributed by atoms with Gasteiger partial charge in [-0.1, -0.05) is 18.2 Å². The Morgan fingerprint density at radius 1 is 1.15 bits per heavy atom. The quantitative estimate of drug-likeness (QED) is 0.648. The largest absolute Gasteiger partial charge is 0.479 e. The molecule has 0 saturated carbocycles. The summed E-state index contributed by atoms with van der Waals surface area (Å²) < 4.78 is 6.77. The first-order valence-electron chi connectivity index (χ1n) is 11.2. The number of aromatic nitrogens is 2. The van der Waals surface area contributed by atoms with E-state index in [0.717, 1.165) is 18.8 Å². The molecule has 2 saturated heterocycles. The molecule has 33 heavy (non-hydrogen) atoms. The molecule has 0 radical (unpaired) electrons. The van der Waals surface area contributed by atoms with E-state index < -0.39 is 0 Å². The highest BCUT2D eigenvalue weighted by Gasteiger charge is 2.35. The number of methoxy groups -OCH3 is 1. The summed E-state index contributed by atoms with van der Waals surface area (Å²) in [7, 11) is 3.26. The molecule has 0 bridgehead atoms. The smallest absolute Gasteiger partial charge is 0.261 e. The van der Waals surface area contributed by atoms with Gasteiger partial charge in [-0.25, -0.2) is 0 Å². The molecule has 0 aliphatic carbocycles. The number of ether oxygens (including phenoxy) is 1. The molecule has 1 atom stereocenters. The van der Waals surface area contributed by atoms with Crippen molar-refractivity contribution in [1.82, 2.24) is 24.9 Å². The van der Waals surface area contributed by atoms with Crippen molar-refractivity contribution in [2.75, 3.05) is 57.8 Å². The molecule has 3 heterocycles. The third-order valence-corrected chi connectivity index (χ3v) is 6.17. The number of aryl methyl sites for hydroxylation is 1. The summed E-state index contributed by atoms with van der Waals surface area (Å²) in [5, 5.41) is 7.12. The molecule has 2 aliphatic rings. The van der Waals surface area contributed by atoms with Crippen molar-refractivity contribution in [2.45, 2.75) is 6.42 Å². The number of hydrogen-bond donors (Lipinski definition) is 1. The van der Waals surface area contributed by atoms with Crippen molar-refractivity contribution in [1.29, 1.82) is 0 Å². The van der Waals surface area contributed by atoms with Gasteiger partial charge >= 0.3 is 0 Å². The van der Waals surface area contributed by atoms with Gasteiger partial charge in [0.15, 0.2) is 0 Å². The van der Waals surface area contributed by atoms with Crippen LogP contribution < -0.4 is 15.0 Å². The Morgan fingerprint density at radius 2 is 1.88 bits per heavy atom. The minimum absolute atomic E-state index is 0.0209. The molecule has 10 heteroatoms. The topological polar surface area (TPSA) is 100 Å². The molecular formula is C23H30N6O4. The zero-order chi connectivity index (χ0) is 23.4. The zero-order valence-electron chi connectivity index (χ0n) is 19.1. The van der Waals surface area contributed by atoms with E-state index in [-0.39, 0.29) is 30.1 Å². The first kappa shape index (κ1) is 22.8. The molecule has 2 aromatic rings. The van der Waals surface area contributed by atoms with E-state index in [1.807, 2.05) is 30.3 Å². The molecule has 4 rings (SSSR count). The van der Waals surface area contributed by atoms with Crippen molar-refractivity contribution >= 4 is 23.4 Å². The number of carbonyl (C=O) groups excluding carboxylic acids is 3. The highest BCUT2D eigenvalue weighted by molar-refractivity contribution is 6.00. The lowest BCUT2D eigenvalue weighted by Crippen LogP contribution is -2.50. The van der Waals surface area contributed by atoms with Crippen LogP contribution in [0.25, 0.3) is 0 Å². The SMILES string of the molecule is COc1nn(C)cc1C(=O)N1CCN(CCNC(=O)C2CC(=O)N(c3ccccc3)C2)CC1. The van der Waals surface area contributed by atoms with Crippen LogP contribution in [0.3, 0.4) is 0 Å². The molecule has 1 unspecified atom stereocenters. The summed E-state index contributed by atoms with van der Waals surface area (Å²) >= 11 is 0. The van der Waals surface area contributed by atoms with Crippen molar-refractivity contribution in [3.63, 3.8) is 0 Å². The second-order valence-electron chi connectivity index (χ2n) is 8.39. The van der Waals surface area contributed by atoms with E-state index in [4.69, 9.17) is 4.74 Å². The highest BCUT2D eigenvalue weighted by atomic mass is 16.5. The number of piperazine rings is 1. The van der Waals surface area contributed by atoms with E-state index >= 15 is 0 Å². The number of hydrogen-bond acceptors (Lipinski definition) is 6. The lowest BCUT2D eigenvalue weighted by Gasteiger charge is -2.34. The minimum atomic E-state index is -0.332. The maximum atomic E-state index is 12.8. The van der Waals surface area contributed by atoms with Crippen LogP contribution in [0, 0.1) is 5.92 Å². The maximum Gasteiger partial charge on any atom is 0.261 e. The molecule has 3 amide bonds. The van der Waals surface area contributed by atoms with Gasteiger partial charge in [-0.05, 0) is 12.1 Å². The van der Waals surface area contributed by atoms with Crippen molar-refractivity contribution in [3.05, 3.63) is 42.1 Å². The van der Waals surface area contributed by atoms with Gasteiger partial charge in [0.2, 0.25) is 17.7 Å². The standard InChI is InChI=1S/C23H30N6O4/c1-26-16-19(22(25-26)33-2)23(32)28-12-10-27(11-13-28)9-8-24-21(31)17-14-20(30)29(15-17)18-6-4-3-5-7-18/h3-7,16-17H,8-15H2,1-2H3,(H,24,31). The van der Waals surface area contributed by atoms with E-state index in [0.29, 0.717) is 44.2 Å². The van der Waals surface area contributed by atoms with E-state index in [1.54, 1.807) is 27.7 Å². The van der Waals surface area contributed by atoms with Crippen LogP contribution in [-0.4, -0.2) is 90.2 Å². The fourth-order valence-electron chi connectivity index (χ4n) is 4.33. The Labute approximate surface area is 193 Å². The van der Waals surface area contributed by atoms with Crippen LogP contribution >= 0.6 is 0 Å². The number of para-hydroxylation sites is 1. The van der Waals surface area contributed by atoms with Crippen molar-refractivity contribution in [3.8, 4) is 5.88 Å². The van der Waals surface area contributed by atoms with E-state index in [2.05, 4.69) is 15.3 Å². The number of anilines is 1. The lowest BCUT2D eigenvalue weighted by molar-refractivity contribution is -0.126. The summed E-state index contributed by atoms with van der Waals surface area (Å²) in [4.78, 5) is 43.4. The Balaban J connectivity index is 1.19. The van der Waals surface area contributed by atoms with Gasteiger partial charge in [-0.15, -0.1) is 5.10 Å². The summed E-state index contributed by atoms with van der Waals surface area (Å²) in [5.41, 5.74) is 1.30. The molecule has 10 nitrogen and oxygen atoms in total. The summed E-state index contributed by atoms with van der Waals surface area (Å²) in [6.45, 7) is 4.29. The lowest BCUT2D eigenvalue weighted by atomic mass is 10.1. The summed E-state index contributed by atoms with van der Waals surface area (Å²) in [6, 6.07) is 9.44. The van der Waals surface area contributed by atoms with Gasteiger partial charge in [0.25, 0.3) is 5.91 Å². The van der Waals surface area contributed by atoms with E-state index in [1.165, 1.54) is 7.11 Å². The molecule has 1 N–H and O–H groups in total. The molecule has 2 aliphatic heterocycles. The molecule has 1 aromatic carbocycles. The second kappa shape index (κ2) is 10.0. The molecule has 176 valence electrons. The van der Waals surface area contributed by atoms with Gasteiger partial charge in [0.05, 0.1) is 13.0 Å². The first-order valence-corrected chi connectivity index (χ1v) is 11.2. The van der Waals surface area contributed by atoms with Crippen LogP contribution in [-0.2, 0) is 16.6 Å². The number of amides is 3. The van der Waals surface area contributed by atoms with Gasteiger partial charge < -0.3 is 19.9 Å². The molecular weight excluding hydrogens is 424 g/mol. The Bertz CT molecular complexity index is 1000. The van der Waals surface area contributed by atoms with E-state index in [9.17, 15) is 14.4 Å². The van der Waals surface area contributed by atoms with Crippen LogP contribution in [0.1, 0.15) is 16.8 Å². The summed E-state index contributed by atoms with van der Waals surface area (Å²) in [5.74, 6) is -0.182. The van der Waals surface area contributed by atoms with Gasteiger partial charge in [0, 0.05) is 71.2 Å². The molecule has 2 fully saturated rings. The normalized spacial score (nSPS) is 19.1. The third-order valence-electron chi connectivity index (χ3n) is 6.17. The zero-order valence-corrected chi connectivity index (χ0v) is 19.1. The first-order chi connectivity index (χ1) is 16.0. The minimum Gasteiger partial charge on any atom is -0.479 e. The second-order valence-corrected chi connectivity index (χ2v) is 8.39. The van der Waals surface area contributed by atoms with Crippen molar-refractivity contribution in [2.24, 2.45) is 13.0 Å². The predicted octanol–water partition coefficient (Wildman–Crippen LogP) is 0.356. The monoisotopic (exact) mass is 454 g/mol. The van der Waals surface area contributed by atoms with Crippen molar-refractivity contribution < 1.29 is 19.1 Å². The Kier molecular flexibility index (Phi) is 6.93. The van der Waals surface area contributed by atoms with Gasteiger partial charge in [-0.3, -0.25) is 24.0 Å². The number of nitrogens with zero attached hydrogens (tertiary/aromatic N) is 5. The van der Waals surface area contributed by atoms with Crippen LogP contribution in [0.4, 0.5) is 5.69 Å². The van der Waals surface area contributed by atoms with Crippen LogP contribution in [0.5, 0.6) is 5.88 Å². The van der Waals surface area contributed by atoms with Gasteiger partial charge in [0.1, 0.15) is 5.56 Å². The summed E-state index contributed by atoms with van der Waals surface area (Å²) in [6.07, 6.45) is 1.91. The fourth-order valence-corrected chi connectivity index (χ4v) is 4.33. The number of carbonyl (C=O) groups is 3. The predicted molar refractivity (Wildman–Crippen MR) is 122 cm³/mol. The number of rotatable bonds is 7. The average molecular weight is 455 g/mol. The maximum absolute atomic E-state index is 12.8. The fraction of sp³-hybridized carbons (Fsp3) is 0.478. The Hall–Kier alpha value is -3.40.